The van der Waals surface area contributed by atoms with Crippen LogP contribution in [-0.2, 0) is 16.4 Å². The largest absolute Gasteiger partial charge is 0.496 e. The van der Waals surface area contributed by atoms with Crippen LogP contribution in [0.2, 0.25) is 0 Å². The molecule has 0 saturated carbocycles. The van der Waals surface area contributed by atoms with Gasteiger partial charge in [0.25, 0.3) is 10.0 Å². The van der Waals surface area contributed by atoms with E-state index in [1.807, 2.05) is 57.2 Å². The third-order valence-corrected chi connectivity index (χ3v) is 7.83. The molecular formula is C28H34FNO3S. The summed E-state index contributed by atoms with van der Waals surface area (Å²) in [7, 11) is -2.20. The zero-order chi connectivity index (χ0) is 24.7. The van der Waals surface area contributed by atoms with Crippen LogP contribution in [-0.4, -0.2) is 28.2 Å². The van der Waals surface area contributed by atoms with E-state index in [4.69, 9.17) is 4.74 Å². The van der Waals surface area contributed by atoms with Crippen LogP contribution in [0.4, 0.5) is 10.1 Å². The number of anilines is 1. The molecular weight excluding hydrogens is 449 g/mol. The number of rotatable bonds is 11. The lowest BCUT2D eigenvalue weighted by atomic mass is 10.0. The van der Waals surface area contributed by atoms with E-state index in [0.717, 1.165) is 28.0 Å². The SMILES string of the molecule is COc1ccccc1CCC[C@H](F)CCN(c1c(C)cc(C)cc1C)S(=O)(=O)c1ccccc1. The Labute approximate surface area is 203 Å². The van der Waals surface area contributed by atoms with Gasteiger partial charge in [0, 0.05) is 6.54 Å². The highest BCUT2D eigenvalue weighted by Crippen LogP contribution is 2.32. The zero-order valence-electron chi connectivity index (χ0n) is 20.4. The van der Waals surface area contributed by atoms with Gasteiger partial charge in [0.2, 0.25) is 0 Å². The maximum Gasteiger partial charge on any atom is 0.264 e. The number of halogens is 1. The average molecular weight is 484 g/mol. The molecule has 34 heavy (non-hydrogen) atoms. The lowest BCUT2D eigenvalue weighted by Gasteiger charge is -2.28. The van der Waals surface area contributed by atoms with Crippen LogP contribution >= 0.6 is 0 Å². The number of hydrogen-bond donors (Lipinski definition) is 0. The van der Waals surface area contributed by atoms with E-state index < -0.39 is 16.2 Å². The predicted octanol–water partition coefficient (Wildman–Crippen LogP) is 6.57. The van der Waals surface area contributed by atoms with Gasteiger partial charge >= 0.3 is 0 Å². The second-order valence-corrected chi connectivity index (χ2v) is 10.6. The summed E-state index contributed by atoms with van der Waals surface area (Å²) in [6.07, 6.45) is 0.769. The number of ether oxygens (including phenoxy) is 1. The Balaban J connectivity index is 1.76. The standard InChI is InChI=1S/C28H34FNO3S/c1-21-19-22(2)28(23(3)20-21)30(34(31,32)26-14-6-5-7-15-26)18-17-25(29)13-10-12-24-11-8-9-16-27(24)33-4/h5-9,11,14-16,19-20,25H,10,12-13,17-18H2,1-4H3/t25-/m0/s1. The Morgan fingerprint density at radius 3 is 2.18 bits per heavy atom. The van der Waals surface area contributed by atoms with Gasteiger partial charge in [0.15, 0.2) is 0 Å². The van der Waals surface area contributed by atoms with E-state index >= 15 is 0 Å². The lowest BCUT2D eigenvalue weighted by Crippen LogP contribution is -2.34. The molecule has 4 nitrogen and oxygen atoms in total. The number of methoxy groups -OCH3 is 1. The number of nitrogens with zero attached hydrogens (tertiary/aromatic N) is 1. The molecule has 0 N–H and O–H groups in total. The molecule has 3 aromatic rings. The fourth-order valence-electron chi connectivity index (χ4n) is 4.46. The Kier molecular flexibility index (Phi) is 8.72. The highest BCUT2D eigenvalue weighted by molar-refractivity contribution is 7.92. The van der Waals surface area contributed by atoms with Crippen molar-refractivity contribution in [3.63, 3.8) is 0 Å². The van der Waals surface area contributed by atoms with Gasteiger partial charge in [-0.3, -0.25) is 4.31 Å². The first-order valence-corrected chi connectivity index (χ1v) is 13.1. The molecule has 0 unspecified atom stereocenters. The van der Waals surface area contributed by atoms with Crippen molar-refractivity contribution in [3.8, 4) is 5.75 Å². The summed E-state index contributed by atoms with van der Waals surface area (Å²) >= 11 is 0. The summed E-state index contributed by atoms with van der Waals surface area (Å²) in [5, 5.41) is 0. The van der Waals surface area contributed by atoms with Gasteiger partial charge in [0.1, 0.15) is 11.9 Å². The molecule has 0 aromatic heterocycles. The number of sulfonamides is 1. The summed E-state index contributed by atoms with van der Waals surface area (Å²) in [5.74, 6) is 0.809. The van der Waals surface area contributed by atoms with Crippen molar-refractivity contribution in [2.45, 2.75) is 57.5 Å². The Bertz CT molecular complexity index is 1170. The van der Waals surface area contributed by atoms with Crippen molar-refractivity contribution in [1.82, 2.24) is 0 Å². The molecule has 0 saturated heterocycles. The minimum absolute atomic E-state index is 0.0811. The topological polar surface area (TPSA) is 46.6 Å². The first-order valence-electron chi connectivity index (χ1n) is 11.7. The van der Waals surface area contributed by atoms with Crippen molar-refractivity contribution in [3.05, 3.63) is 89.0 Å². The summed E-state index contributed by atoms with van der Waals surface area (Å²) in [4.78, 5) is 0.209. The number of hydrogen-bond acceptors (Lipinski definition) is 3. The molecule has 3 aromatic carbocycles. The minimum Gasteiger partial charge on any atom is -0.496 e. The van der Waals surface area contributed by atoms with E-state index in [1.165, 1.54) is 4.31 Å². The normalized spacial score (nSPS) is 12.4. The van der Waals surface area contributed by atoms with Crippen molar-refractivity contribution in [2.24, 2.45) is 0 Å². The van der Waals surface area contributed by atoms with E-state index in [0.29, 0.717) is 24.9 Å². The van der Waals surface area contributed by atoms with E-state index in [1.54, 1.807) is 37.4 Å². The molecule has 0 heterocycles. The smallest absolute Gasteiger partial charge is 0.264 e. The van der Waals surface area contributed by atoms with Crippen molar-refractivity contribution < 1.29 is 17.5 Å². The fourth-order valence-corrected chi connectivity index (χ4v) is 6.09. The van der Waals surface area contributed by atoms with Crippen LogP contribution < -0.4 is 9.04 Å². The molecule has 1 atom stereocenters. The number of aryl methyl sites for hydroxylation is 4. The third kappa shape index (κ3) is 6.17. The minimum atomic E-state index is -3.83. The van der Waals surface area contributed by atoms with Gasteiger partial charge in [-0.2, -0.15) is 0 Å². The molecule has 0 fully saturated rings. The Hall–Kier alpha value is -2.86. The van der Waals surface area contributed by atoms with Gasteiger partial charge in [-0.1, -0.05) is 54.1 Å². The maximum absolute atomic E-state index is 15.0. The van der Waals surface area contributed by atoms with Crippen LogP contribution in [0.25, 0.3) is 0 Å². The second-order valence-electron chi connectivity index (χ2n) is 8.73. The Morgan fingerprint density at radius 1 is 0.912 bits per heavy atom. The highest BCUT2D eigenvalue weighted by Gasteiger charge is 2.28. The van der Waals surface area contributed by atoms with Gasteiger partial charge in [-0.25, -0.2) is 12.8 Å². The molecule has 0 aliphatic rings. The average Bonchev–Trinajstić information content (AvgIpc) is 2.81. The van der Waals surface area contributed by atoms with E-state index in [-0.39, 0.29) is 17.9 Å². The van der Waals surface area contributed by atoms with Crippen molar-refractivity contribution >= 4 is 15.7 Å². The first kappa shape index (κ1) is 25.8. The van der Waals surface area contributed by atoms with Crippen LogP contribution in [0.5, 0.6) is 5.75 Å². The van der Waals surface area contributed by atoms with E-state index in [2.05, 4.69) is 0 Å². The monoisotopic (exact) mass is 483 g/mol. The summed E-state index contributed by atoms with van der Waals surface area (Å²) < 4.78 is 48.9. The molecule has 6 heteroatoms. The molecule has 182 valence electrons. The second kappa shape index (κ2) is 11.5. The van der Waals surface area contributed by atoms with E-state index in [9.17, 15) is 12.8 Å². The molecule has 0 radical (unpaired) electrons. The molecule has 0 spiro atoms. The first-order chi connectivity index (χ1) is 16.2. The molecule has 0 amide bonds. The molecule has 0 aliphatic carbocycles. The quantitative estimate of drug-likeness (QED) is 0.310. The Morgan fingerprint density at radius 2 is 1.53 bits per heavy atom. The molecule has 0 aliphatic heterocycles. The fraction of sp³-hybridized carbons (Fsp3) is 0.357. The van der Waals surface area contributed by atoms with Crippen LogP contribution in [0.1, 0.15) is 41.5 Å². The van der Waals surface area contributed by atoms with Gasteiger partial charge in [0.05, 0.1) is 17.7 Å². The van der Waals surface area contributed by atoms with Crippen molar-refractivity contribution in [1.29, 1.82) is 0 Å². The lowest BCUT2D eigenvalue weighted by molar-refractivity contribution is 0.294. The summed E-state index contributed by atoms with van der Waals surface area (Å²) in [6.45, 7) is 5.88. The van der Waals surface area contributed by atoms with Crippen LogP contribution in [0, 0.1) is 20.8 Å². The zero-order valence-corrected chi connectivity index (χ0v) is 21.2. The number of benzene rings is 3. The predicted molar refractivity (Wildman–Crippen MR) is 137 cm³/mol. The van der Waals surface area contributed by atoms with Gasteiger partial charge in [-0.15, -0.1) is 0 Å². The molecule has 3 rings (SSSR count). The summed E-state index contributed by atoms with van der Waals surface area (Å²) in [5.41, 5.74) is 4.48. The third-order valence-electron chi connectivity index (χ3n) is 6.02. The van der Waals surface area contributed by atoms with Gasteiger partial charge < -0.3 is 4.74 Å². The highest BCUT2D eigenvalue weighted by atomic mass is 32.2. The molecule has 0 bridgehead atoms. The van der Waals surface area contributed by atoms with Gasteiger partial charge in [-0.05, 0) is 81.3 Å². The van der Waals surface area contributed by atoms with Crippen molar-refractivity contribution in [2.75, 3.05) is 18.0 Å². The number of alkyl halides is 1. The summed E-state index contributed by atoms with van der Waals surface area (Å²) in [6, 6.07) is 20.1. The maximum atomic E-state index is 15.0. The number of para-hydroxylation sites is 1. The van der Waals surface area contributed by atoms with Crippen LogP contribution in [0.15, 0.2) is 71.6 Å². The van der Waals surface area contributed by atoms with Crippen LogP contribution in [0.3, 0.4) is 0 Å².